The van der Waals surface area contributed by atoms with E-state index in [0.717, 1.165) is 15.5 Å². The third-order valence-electron chi connectivity index (χ3n) is 2.17. The molecule has 1 heterocycles. The topological polar surface area (TPSA) is 70.3 Å². The van der Waals surface area contributed by atoms with Crippen LogP contribution in [0, 0.1) is 0 Å². The first-order chi connectivity index (χ1) is 8.36. The number of carbonyl (C=O) groups is 1. The second-order valence-corrected chi connectivity index (χ2v) is 5.76. The lowest BCUT2D eigenvalue weighted by Crippen LogP contribution is -2.44. The number of aromatic nitrogens is 2. The fraction of sp³-hybridized carbons (Fsp3) is 0.500. The molecule has 0 aliphatic heterocycles. The maximum Gasteiger partial charge on any atom is 0.364 e. The van der Waals surface area contributed by atoms with Crippen LogP contribution >= 0.6 is 27.7 Å². The third kappa shape index (κ3) is 3.49. The smallest absolute Gasteiger partial charge is 0.333 e. The van der Waals surface area contributed by atoms with Gasteiger partial charge in [0.05, 0.1) is 6.20 Å². The minimum Gasteiger partial charge on any atom is -0.333 e. The Hall–Kier alpha value is -1.02. The summed E-state index contributed by atoms with van der Waals surface area (Å²) < 4.78 is 1.95. The predicted molar refractivity (Wildman–Crippen MR) is 72.9 cm³/mol. The summed E-state index contributed by atoms with van der Waals surface area (Å²) in [6, 6.07) is 0. The van der Waals surface area contributed by atoms with Crippen LogP contribution in [0.1, 0.15) is 13.8 Å². The normalized spacial score (nSPS) is 12.2. The average molecular weight is 337 g/mol. The zero-order chi connectivity index (χ0) is 13.9. The maximum atomic E-state index is 11.9. The van der Waals surface area contributed by atoms with Gasteiger partial charge < -0.3 is 4.84 Å². The van der Waals surface area contributed by atoms with E-state index in [1.807, 2.05) is 13.2 Å². The van der Waals surface area contributed by atoms with E-state index < -0.39 is 17.2 Å². The van der Waals surface area contributed by atoms with E-state index in [1.54, 1.807) is 0 Å². The van der Waals surface area contributed by atoms with Crippen LogP contribution in [0.15, 0.2) is 20.3 Å². The lowest BCUT2D eigenvalue weighted by Gasteiger charge is -2.12. The molecule has 8 heteroatoms. The van der Waals surface area contributed by atoms with Crippen molar-refractivity contribution in [2.45, 2.75) is 25.6 Å². The van der Waals surface area contributed by atoms with E-state index in [4.69, 9.17) is 4.84 Å². The highest BCUT2D eigenvalue weighted by molar-refractivity contribution is 9.10. The summed E-state index contributed by atoms with van der Waals surface area (Å²) in [5.74, 6) is -0.632. The molecule has 0 amide bonds. The fourth-order valence-electron chi connectivity index (χ4n) is 1.24. The summed E-state index contributed by atoms with van der Waals surface area (Å²) in [5, 5.41) is 0.0930. The number of thioether (sulfide) groups is 1. The van der Waals surface area contributed by atoms with Crippen LogP contribution in [0.25, 0.3) is 0 Å². The summed E-state index contributed by atoms with van der Waals surface area (Å²) in [4.78, 5) is 39.3. The molecule has 0 bridgehead atoms. The number of hydrogen-bond acceptors (Lipinski definition) is 5. The molecular formula is C10H13BrN2O4S. The first-order valence-corrected chi connectivity index (χ1v) is 7.18. The maximum absolute atomic E-state index is 11.9. The minimum absolute atomic E-state index is 0.0930. The molecule has 18 heavy (non-hydrogen) atoms. The van der Waals surface area contributed by atoms with Crippen molar-refractivity contribution in [3.8, 4) is 0 Å². The van der Waals surface area contributed by atoms with Crippen molar-refractivity contribution in [3.05, 3.63) is 31.5 Å². The van der Waals surface area contributed by atoms with Crippen LogP contribution in [0.3, 0.4) is 0 Å². The molecule has 0 saturated heterocycles. The minimum atomic E-state index is -0.667. The van der Waals surface area contributed by atoms with E-state index in [2.05, 4.69) is 15.9 Å². The molecule has 0 aromatic carbocycles. The second kappa shape index (κ2) is 6.24. The highest BCUT2D eigenvalue weighted by Crippen LogP contribution is 2.06. The van der Waals surface area contributed by atoms with Gasteiger partial charge in [-0.05, 0) is 22.2 Å². The van der Waals surface area contributed by atoms with Crippen molar-refractivity contribution in [1.29, 1.82) is 0 Å². The zero-order valence-electron chi connectivity index (χ0n) is 10.2. The molecule has 6 nitrogen and oxygen atoms in total. The molecule has 1 atom stereocenters. The predicted octanol–water partition coefficient (Wildman–Crippen LogP) is 0.499. The van der Waals surface area contributed by atoms with E-state index in [9.17, 15) is 14.4 Å². The van der Waals surface area contributed by atoms with Gasteiger partial charge in [0.1, 0.15) is 4.47 Å². The lowest BCUT2D eigenvalue weighted by atomic mass is 10.4. The molecule has 0 spiro atoms. The summed E-state index contributed by atoms with van der Waals surface area (Å²) in [5.41, 5.74) is -1.11. The quantitative estimate of drug-likeness (QED) is 0.800. The van der Waals surface area contributed by atoms with Crippen LogP contribution in [0.5, 0.6) is 0 Å². The number of rotatable bonds is 4. The Morgan fingerprint density at radius 3 is 2.67 bits per heavy atom. The van der Waals surface area contributed by atoms with Crippen LogP contribution in [-0.4, -0.2) is 26.8 Å². The second-order valence-electron chi connectivity index (χ2n) is 3.63. The molecule has 1 rings (SSSR count). The molecule has 100 valence electrons. The molecule has 0 saturated carbocycles. The van der Waals surface area contributed by atoms with Crippen molar-refractivity contribution in [2.75, 3.05) is 6.26 Å². The first kappa shape index (κ1) is 15.0. The van der Waals surface area contributed by atoms with Crippen LogP contribution in [-0.2, 0) is 11.3 Å². The zero-order valence-corrected chi connectivity index (χ0v) is 12.6. The van der Waals surface area contributed by atoms with Crippen LogP contribution < -0.4 is 16.1 Å². The Kier molecular flexibility index (Phi) is 5.21. The standard InChI is InChI=1S/C10H13BrN2O4S/c1-6(18-3)4-12-9(15)8(11)5-13(10(12)16)17-7(2)14/h5-6H,4H2,1-3H3. The van der Waals surface area contributed by atoms with E-state index in [-0.39, 0.29) is 16.3 Å². The van der Waals surface area contributed by atoms with Crippen LogP contribution in [0.4, 0.5) is 0 Å². The van der Waals surface area contributed by atoms with Gasteiger partial charge in [0.25, 0.3) is 5.56 Å². The molecule has 0 N–H and O–H groups in total. The summed E-state index contributed by atoms with van der Waals surface area (Å²) in [6.07, 6.45) is 3.03. The fourth-order valence-corrected chi connectivity index (χ4v) is 1.94. The molecule has 0 radical (unpaired) electrons. The third-order valence-corrected chi connectivity index (χ3v) is 3.67. The van der Waals surface area contributed by atoms with Gasteiger partial charge in [0, 0.05) is 18.7 Å². The van der Waals surface area contributed by atoms with E-state index >= 15 is 0 Å². The van der Waals surface area contributed by atoms with Gasteiger partial charge in [0.2, 0.25) is 0 Å². The Bertz CT molecular complexity index is 566. The summed E-state index contributed by atoms with van der Waals surface area (Å²) in [7, 11) is 0. The Balaban J connectivity index is 3.31. The highest BCUT2D eigenvalue weighted by atomic mass is 79.9. The lowest BCUT2D eigenvalue weighted by molar-refractivity contribution is -0.142. The number of nitrogens with zero attached hydrogens (tertiary/aromatic N) is 2. The first-order valence-electron chi connectivity index (χ1n) is 5.10. The molecular weight excluding hydrogens is 324 g/mol. The molecule has 0 aliphatic carbocycles. The van der Waals surface area contributed by atoms with Gasteiger partial charge in [-0.15, -0.1) is 4.73 Å². The molecule has 1 unspecified atom stereocenters. The number of halogens is 1. The molecule has 0 aliphatic rings. The Labute approximate surface area is 116 Å². The SMILES string of the molecule is CSC(C)Cn1c(=O)c(Br)cn(OC(C)=O)c1=O. The van der Waals surface area contributed by atoms with Crippen molar-refractivity contribution >= 4 is 33.7 Å². The van der Waals surface area contributed by atoms with Gasteiger partial charge in [-0.25, -0.2) is 9.59 Å². The van der Waals surface area contributed by atoms with E-state index in [0.29, 0.717) is 0 Å². The monoisotopic (exact) mass is 336 g/mol. The van der Waals surface area contributed by atoms with Crippen molar-refractivity contribution in [2.24, 2.45) is 0 Å². The van der Waals surface area contributed by atoms with Crippen molar-refractivity contribution < 1.29 is 9.63 Å². The van der Waals surface area contributed by atoms with Crippen molar-refractivity contribution in [3.63, 3.8) is 0 Å². The average Bonchev–Trinajstić information content (AvgIpc) is 2.30. The van der Waals surface area contributed by atoms with E-state index in [1.165, 1.54) is 18.7 Å². The molecule has 0 fully saturated rings. The largest absolute Gasteiger partial charge is 0.364 e. The van der Waals surface area contributed by atoms with Gasteiger partial charge in [-0.2, -0.15) is 11.8 Å². The summed E-state index contributed by atoms with van der Waals surface area (Å²) >= 11 is 4.57. The Morgan fingerprint density at radius 2 is 2.17 bits per heavy atom. The number of carbonyl (C=O) groups excluding carboxylic acids is 1. The van der Waals surface area contributed by atoms with Gasteiger partial charge >= 0.3 is 11.7 Å². The Morgan fingerprint density at radius 1 is 1.56 bits per heavy atom. The van der Waals surface area contributed by atoms with Crippen molar-refractivity contribution in [1.82, 2.24) is 9.30 Å². The van der Waals surface area contributed by atoms with Gasteiger partial charge in [0.15, 0.2) is 0 Å². The van der Waals surface area contributed by atoms with Gasteiger partial charge in [-0.1, -0.05) is 6.92 Å². The number of hydrogen-bond donors (Lipinski definition) is 0. The molecule has 1 aromatic heterocycles. The van der Waals surface area contributed by atoms with Crippen LogP contribution in [0.2, 0.25) is 0 Å². The van der Waals surface area contributed by atoms with Gasteiger partial charge in [-0.3, -0.25) is 9.36 Å². The molecule has 1 aromatic rings. The highest BCUT2D eigenvalue weighted by Gasteiger charge is 2.13. The summed E-state index contributed by atoms with van der Waals surface area (Å²) in [6.45, 7) is 3.33.